The Morgan fingerprint density at radius 2 is 1.53 bits per heavy atom. The van der Waals surface area contributed by atoms with Crippen LogP contribution in [0.25, 0.3) is 0 Å². The Labute approximate surface area is 379 Å². The quantitative estimate of drug-likeness (QED) is 0.172. The standard InChI is InChI=1S/C38H45NO12.2Ac/c1-19-23(50-34(46)29(43)27(39-20(2)40)21-12-8-6-9-13-21)17-38(48)32(51-33(45)22-14-10-7-11-15-22)30-36(5,24(41)16-25-37(30,47)18-49-25)31(44)28(42)26(19)35(38,3)4;;/h6-15,23-25,27-30,32,41-43,47-48H,16-18H2,1-5H3,(H,39,40);;/t23?,24?,25?,27?,28?,29?,30?,32?,36-,37+,38?;;/m1../s1. The number of ether oxygens (including phenoxy) is 3. The maximum atomic E-state index is 14.6. The monoisotopic (exact) mass is 1160 g/mol. The molecule has 3 fully saturated rings. The van der Waals surface area contributed by atoms with E-state index in [4.69, 9.17) is 14.2 Å². The Kier molecular flexibility index (Phi) is 13.8. The van der Waals surface area contributed by atoms with E-state index in [0.717, 1.165) is 0 Å². The molecule has 2 aromatic carbocycles. The van der Waals surface area contributed by atoms with Crippen LogP contribution in [0.3, 0.4) is 0 Å². The maximum absolute atomic E-state index is 14.6. The molecule has 6 N–H and O–H groups in total. The molecular formula is C38H45Ac2NO12. The van der Waals surface area contributed by atoms with Crippen LogP contribution in [0.2, 0.25) is 0 Å². The molecule has 2 radical (unpaired) electrons. The average molecular weight is 1160 g/mol. The van der Waals surface area contributed by atoms with Gasteiger partial charge in [-0.1, -0.05) is 62.4 Å². The molecule has 15 heteroatoms. The van der Waals surface area contributed by atoms with E-state index in [1.54, 1.807) is 62.4 Å². The largest absolute Gasteiger partial charge is 0.456 e. The van der Waals surface area contributed by atoms with Crippen LogP contribution < -0.4 is 5.32 Å². The van der Waals surface area contributed by atoms with Crippen molar-refractivity contribution >= 4 is 23.6 Å². The number of carbonyl (C=O) groups is 4. The molecular weight excluding hydrogens is 1120 g/mol. The van der Waals surface area contributed by atoms with E-state index >= 15 is 0 Å². The number of nitrogens with one attached hydrogen (secondary N) is 1. The second-order valence-corrected chi connectivity index (χ2v) is 15.1. The minimum absolute atomic E-state index is 0. The molecule has 0 aromatic heterocycles. The zero-order chi connectivity index (χ0) is 37.3. The fourth-order valence-corrected chi connectivity index (χ4v) is 8.95. The number of hydrogen-bond donors (Lipinski definition) is 6. The van der Waals surface area contributed by atoms with Crippen molar-refractivity contribution in [3.8, 4) is 0 Å². The van der Waals surface area contributed by atoms with Gasteiger partial charge >= 0.3 is 11.9 Å². The van der Waals surface area contributed by atoms with Crippen LogP contribution in [0.15, 0.2) is 71.8 Å². The molecule has 3 aliphatic carbocycles. The fraction of sp³-hybridized carbons (Fsp3) is 0.526. The Bertz CT molecular complexity index is 1760. The maximum Gasteiger partial charge on any atom is 0.338 e. The third-order valence-electron chi connectivity index (χ3n) is 12.0. The van der Waals surface area contributed by atoms with Gasteiger partial charge in [-0.15, -0.1) is 0 Å². The Morgan fingerprint density at radius 1 is 0.943 bits per heavy atom. The predicted octanol–water partition coefficient (Wildman–Crippen LogP) is 1.30. The van der Waals surface area contributed by atoms with Crippen LogP contribution in [0, 0.1) is 105 Å². The van der Waals surface area contributed by atoms with E-state index in [9.17, 15) is 44.7 Å². The molecule has 0 spiro atoms. The van der Waals surface area contributed by atoms with Crippen molar-refractivity contribution in [2.24, 2.45) is 16.7 Å². The van der Waals surface area contributed by atoms with Gasteiger partial charge in [-0.05, 0) is 42.7 Å². The number of Topliss-reactive ketones (excluding diaryl/α,β-unsaturated/α-hetero) is 1. The fourth-order valence-electron chi connectivity index (χ4n) is 8.95. The average Bonchev–Trinajstić information content (AvgIpc) is 3.09. The van der Waals surface area contributed by atoms with Crippen molar-refractivity contribution in [3.05, 3.63) is 82.9 Å². The van der Waals surface area contributed by atoms with Gasteiger partial charge in [0.15, 0.2) is 11.9 Å². The van der Waals surface area contributed by atoms with E-state index in [1.807, 2.05) is 0 Å². The number of hydrogen-bond acceptors (Lipinski definition) is 12. The summed E-state index contributed by atoms with van der Waals surface area (Å²) in [4.78, 5) is 54.3. The second-order valence-electron chi connectivity index (χ2n) is 15.1. The van der Waals surface area contributed by atoms with Crippen molar-refractivity contribution in [2.45, 2.75) is 101 Å². The van der Waals surface area contributed by atoms with Crippen LogP contribution in [0.5, 0.6) is 0 Å². The molecule has 1 heterocycles. The van der Waals surface area contributed by atoms with E-state index in [1.165, 1.54) is 32.9 Å². The minimum atomic E-state index is -2.28. The summed E-state index contributed by atoms with van der Waals surface area (Å²) in [5, 5.41) is 62.7. The van der Waals surface area contributed by atoms with E-state index in [2.05, 4.69) is 5.32 Å². The van der Waals surface area contributed by atoms with Gasteiger partial charge in [0.2, 0.25) is 5.91 Å². The Hall–Kier alpha value is -1.10. The molecule has 1 amide bonds. The molecule has 9 unspecified atom stereocenters. The number of benzene rings is 2. The summed E-state index contributed by atoms with van der Waals surface area (Å²) in [7, 11) is 0. The Morgan fingerprint density at radius 3 is 2.08 bits per heavy atom. The van der Waals surface area contributed by atoms with Crippen LogP contribution >= 0.6 is 0 Å². The molecule has 4 aliphatic rings. The van der Waals surface area contributed by atoms with Gasteiger partial charge in [0.05, 0.1) is 35.8 Å². The molecule has 2 bridgehead atoms. The first-order valence-corrected chi connectivity index (χ1v) is 17.0. The summed E-state index contributed by atoms with van der Waals surface area (Å²) in [5.41, 5.74) is -6.99. The number of aliphatic hydroxyl groups is 5. The van der Waals surface area contributed by atoms with Gasteiger partial charge in [-0.25, -0.2) is 9.59 Å². The van der Waals surface area contributed by atoms with Gasteiger partial charge in [-0.3, -0.25) is 9.59 Å². The molecule has 1 aliphatic heterocycles. The number of rotatable bonds is 7. The van der Waals surface area contributed by atoms with Crippen molar-refractivity contribution in [3.63, 3.8) is 0 Å². The summed E-state index contributed by atoms with van der Waals surface area (Å²) >= 11 is 0. The summed E-state index contributed by atoms with van der Waals surface area (Å²) in [6.07, 6.45) is -10.1. The first kappa shape index (κ1) is 44.6. The zero-order valence-electron chi connectivity index (χ0n) is 30.3. The summed E-state index contributed by atoms with van der Waals surface area (Å²) in [6.45, 7) is 6.94. The van der Waals surface area contributed by atoms with Crippen molar-refractivity contribution in [1.29, 1.82) is 0 Å². The Balaban J connectivity index is 0.00000314. The number of ketones is 1. The van der Waals surface area contributed by atoms with Crippen LogP contribution in [-0.2, 0) is 28.6 Å². The number of carbonyl (C=O) groups excluding carboxylic acids is 4. The van der Waals surface area contributed by atoms with Gasteiger partial charge in [-0.2, -0.15) is 0 Å². The van der Waals surface area contributed by atoms with E-state index in [-0.39, 0.29) is 118 Å². The van der Waals surface area contributed by atoms with Crippen LogP contribution in [0.1, 0.15) is 69.4 Å². The topological polar surface area (TPSA) is 209 Å². The first-order valence-electron chi connectivity index (χ1n) is 17.0. The predicted molar refractivity (Wildman–Crippen MR) is 179 cm³/mol. The van der Waals surface area contributed by atoms with E-state index in [0.29, 0.717) is 5.56 Å². The molecule has 11 atom stereocenters. The third kappa shape index (κ3) is 7.33. The molecule has 2 aromatic rings. The van der Waals surface area contributed by atoms with Crippen molar-refractivity contribution in [1.82, 2.24) is 5.32 Å². The molecule has 6 rings (SSSR count). The number of amides is 1. The number of aliphatic hydroxyl groups excluding tert-OH is 3. The normalized spacial score (nSPS) is 35.2. The third-order valence-corrected chi connectivity index (χ3v) is 12.0. The summed E-state index contributed by atoms with van der Waals surface area (Å²) in [5.74, 6) is -4.98. The van der Waals surface area contributed by atoms with Crippen molar-refractivity contribution in [2.75, 3.05) is 6.61 Å². The molecule has 280 valence electrons. The smallest absolute Gasteiger partial charge is 0.338 e. The number of fused-ring (bicyclic) bond motifs is 5. The second kappa shape index (κ2) is 16.4. The first-order chi connectivity index (χ1) is 23.9. The van der Waals surface area contributed by atoms with Crippen LogP contribution in [-0.4, -0.2) is 104 Å². The van der Waals surface area contributed by atoms with Gasteiger partial charge < -0.3 is 45.1 Å². The summed E-state index contributed by atoms with van der Waals surface area (Å²) in [6, 6.07) is 15.0. The van der Waals surface area contributed by atoms with Crippen LogP contribution in [0.4, 0.5) is 0 Å². The van der Waals surface area contributed by atoms with Gasteiger partial charge in [0.1, 0.15) is 29.5 Å². The molecule has 1 saturated heterocycles. The zero-order valence-corrected chi connectivity index (χ0v) is 39.8. The van der Waals surface area contributed by atoms with Crippen molar-refractivity contribution < 1.29 is 147 Å². The van der Waals surface area contributed by atoms with Gasteiger partial charge in [0.25, 0.3) is 0 Å². The molecule has 53 heavy (non-hydrogen) atoms. The molecule has 2 saturated carbocycles. The van der Waals surface area contributed by atoms with E-state index < -0.39 is 101 Å². The minimum Gasteiger partial charge on any atom is -0.456 e. The molecule has 13 nitrogen and oxygen atoms in total. The van der Waals surface area contributed by atoms with Gasteiger partial charge in [0, 0.05) is 119 Å². The summed E-state index contributed by atoms with van der Waals surface area (Å²) < 4.78 is 17.7. The SMILES string of the molecule is CC(=O)NC(c1ccccc1)C(O)C(=O)OC1CC2(O)C(OC(=O)c3ccccc3)C3[C@]4(O)COC4CC(O)[C@@]3(C)C(=O)C(O)C(=C1C)C2(C)C.[Ac].[Ac]. The number of esters is 2.